The van der Waals surface area contributed by atoms with Crippen LogP contribution in [-0.2, 0) is 11.3 Å². The summed E-state index contributed by atoms with van der Waals surface area (Å²) in [4.78, 5) is 39.3. The number of fused-ring (bicyclic) bond motifs is 2. The summed E-state index contributed by atoms with van der Waals surface area (Å²) in [5.74, 6) is 0.348. The number of aromatic nitrogens is 4. The van der Waals surface area contributed by atoms with E-state index < -0.39 is 0 Å². The number of amides is 1. The molecule has 1 saturated heterocycles. The molecule has 0 bridgehead atoms. The van der Waals surface area contributed by atoms with Gasteiger partial charge in [0.25, 0.3) is 5.56 Å². The lowest BCUT2D eigenvalue weighted by atomic mass is 10.0. The summed E-state index contributed by atoms with van der Waals surface area (Å²) in [6, 6.07) is 11.7. The number of benzene rings is 2. The topological polar surface area (TPSA) is 95.9 Å². The molecule has 0 atom stereocenters. The highest BCUT2D eigenvalue weighted by atomic mass is 16.1. The normalized spacial score (nSPS) is 14.7. The summed E-state index contributed by atoms with van der Waals surface area (Å²) in [5.41, 5.74) is 4.18. The predicted molar refractivity (Wildman–Crippen MR) is 130 cm³/mol. The van der Waals surface area contributed by atoms with Crippen LogP contribution in [0.5, 0.6) is 0 Å². The highest BCUT2D eigenvalue weighted by molar-refractivity contribution is 5.92. The van der Waals surface area contributed by atoms with E-state index in [-0.39, 0.29) is 11.5 Å². The lowest BCUT2D eigenvalue weighted by Gasteiger charge is -2.26. The highest BCUT2D eigenvalue weighted by Crippen LogP contribution is 2.26. The number of anilines is 1. The molecule has 1 aliphatic heterocycles. The average Bonchev–Trinajstić information content (AvgIpc) is 3.25. The van der Waals surface area contributed by atoms with Crippen LogP contribution in [0.1, 0.15) is 32.6 Å². The first-order valence-corrected chi connectivity index (χ1v) is 11.6. The Bertz CT molecular complexity index is 1370. The zero-order valence-corrected chi connectivity index (χ0v) is 18.8. The fourth-order valence-electron chi connectivity index (χ4n) is 4.40. The largest absolute Gasteiger partial charge is 0.324 e. The average molecular weight is 445 g/mol. The second-order valence-corrected chi connectivity index (χ2v) is 8.60. The standard InChI is InChI=1S/C25H28N6O2/c1-2-23(32)29-25-27-21-9-7-18(15-22(21)28-25)17-6-8-20-19(14-17)24(33)31(16-26-20)13-12-30-10-4-3-5-11-30/h6-9,14-16H,2-5,10-13H2,1H3,(H2,27,28,29,32). The molecule has 1 fully saturated rings. The Morgan fingerprint density at radius 2 is 1.79 bits per heavy atom. The maximum atomic E-state index is 13.2. The molecule has 5 rings (SSSR count). The van der Waals surface area contributed by atoms with Gasteiger partial charge in [0.15, 0.2) is 0 Å². The minimum absolute atomic E-state index is 0.00829. The van der Waals surface area contributed by atoms with Crippen molar-refractivity contribution in [2.24, 2.45) is 0 Å². The molecule has 170 valence electrons. The van der Waals surface area contributed by atoms with Gasteiger partial charge in [-0.25, -0.2) is 9.97 Å². The van der Waals surface area contributed by atoms with Crippen molar-refractivity contribution in [1.82, 2.24) is 24.4 Å². The highest BCUT2D eigenvalue weighted by Gasteiger charge is 2.12. The molecule has 3 heterocycles. The molecule has 0 radical (unpaired) electrons. The summed E-state index contributed by atoms with van der Waals surface area (Å²) < 4.78 is 1.72. The van der Waals surface area contributed by atoms with Crippen LogP contribution in [0.2, 0.25) is 0 Å². The zero-order valence-electron chi connectivity index (χ0n) is 18.8. The van der Waals surface area contributed by atoms with Crippen molar-refractivity contribution in [2.75, 3.05) is 25.0 Å². The number of carbonyl (C=O) groups excluding carboxylic acids is 1. The van der Waals surface area contributed by atoms with Gasteiger partial charge in [0, 0.05) is 19.5 Å². The van der Waals surface area contributed by atoms with Gasteiger partial charge in [-0.05, 0) is 61.3 Å². The second-order valence-electron chi connectivity index (χ2n) is 8.60. The van der Waals surface area contributed by atoms with Crippen LogP contribution in [0, 0.1) is 0 Å². The Morgan fingerprint density at radius 1 is 1.03 bits per heavy atom. The summed E-state index contributed by atoms with van der Waals surface area (Å²) in [6.07, 6.45) is 5.83. The van der Waals surface area contributed by atoms with Crippen LogP contribution in [-0.4, -0.2) is 50.0 Å². The molecular formula is C25H28N6O2. The number of hydrogen-bond acceptors (Lipinski definition) is 5. The molecule has 2 aromatic heterocycles. The van der Waals surface area contributed by atoms with Gasteiger partial charge in [0.05, 0.1) is 28.3 Å². The minimum Gasteiger partial charge on any atom is -0.324 e. The van der Waals surface area contributed by atoms with Crippen LogP contribution in [0.3, 0.4) is 0 Å². The molecule has 33 heavy (non-hydrogen) atoms. The molecule has 1 aliphatic rings. The number of aromatic amines is 1. The van der Waals surface area contributed by atoms with Crippen molar-refractivity contribution in [3.63, 3.8) is 0 Å². The van der Waals surface area contributed by atoms with Gasteiger partial charge in [0.1, 0.15) is 0 Å². The molecule has 0 saturated carbocycles. The number of likely N-dealkylation sites (tertiary alicyclic amines) is 1. The van der Waals surface area contributed by atoms with Crippen molar-refractivity contribution in [3.05, 3.63) is 53.1 Å². The lowest BCUT2D eigenvalue weighted by molar-refractivity contribution is -0.115. The second kappa shape index (κ2) is 9.15. The van der Waals surface area contributed by atoms with E-state index in [1.165, 1.54) is 19.3 Å². The zero-order chi connectivity index (χ0) is 22.8. The Morgan fingerprint density at radius 3 is 2.58 bits per heavy atom. The number of hydrogen-bond donors (Lipinski definition) is 2. The van der Waals surface area contributed by atoms with Gasteiger partial charge >= 0.3 is 0 Å². The Labute approximate surface area is 191 Å². The number of nitrogens with one attached hydrogen (secondary N) is 2. The van der Waals surface area contributed by atoms with E-state index in [9.17, 15) is 9.59 Å². The molecule has 0 aliphatic carbocycles. The van der Waals surface area contributed by atoms with Crippen molar-refractivity contribution < 1.29 is 4.79 Å². The van der Waals surface area contributed by atoms with E-state index >= 15 is 0 Å². The Kier molecular flexibility index (Phi) is 5.92. The molecule has 0 unspecified atom stereocenters. The monoisotopic (exact) mass is 444 g/mol. The molecule has 0 spiro atoms. The number of imidazole rings is 1. The van der Waals surface area contributed by atoms with Crippen molar-refractivity contribution in [1.29, 1.82) is 0 Å². The van der Waals surface area contributed by atoms with Gasteiger partial charge in [-0.15, -0.1) is 0 Å². The fraction of sp³-hybridized carbons (Fsp3) is 0.360. The Hall–Kier alpha value is -3.52. The molecular weight excluding hydrogens is 416 g/mol. The maximum absolute atomic E-state index is 13.2. The molecule has 8 heteroatoms. The van der Waals surface area contributed by atoms with Crippen LogP contribution >= 0.6 is 0 Å². The summed E-state index contributed by atoms with van der Waals surface area (Å²) in [6.45, 7) is 5.55. The van der Waals surface area contributed by atoms with Crippen LogP contribution in [0.15, 0.2) is 47.5 Å². The van der Waals surface area contributed by atoms with Gasteiger partial charge in [0.2, 0.25) is 11.9 Å². The lowest BCUT2D eigenvalue weighted by Crippen LogP contribution is -2.34. The summed E-state index contributed by atoms with van der Waals surface area (Å²) >= 11 is 0. The van der Waals surface area contributed by atoms with Crippen molar-refractivity contribution in [3.8, 4) is 11.1 Å². The molecule has 1 amide bonds. The Balaban J connectivity index is 1.43. The van der Waals surface area contributed by atoms with Gasteiger partial charge < -0.3 is 9.88 Å². The van der Waals surface area contributed by atoms with Crippen molar-refractivity contribution in [2.45, 2.75) is 39.2 Å². The SMILES string of the molecule is CCC(=O)Nc1nc2ccc(-c3ccc4ncn(CCN5CCCCC5)c(=O)c4c3)cc2[nH]1. The summed E-state index contributed by atoms with van der Waals surface area (Å²) in [7, 11) is 0. The number of piperidine rings is 1. The quantitative estimate of drug-likeness (QED) is 0.472. The van der Waals surface area contributed by atoms with Gasteiger partial charge in [-0.1, -0.05) is 25.5 Å². The smallest absolute Gasteiger partial charge is 0.261 e. The van der Waals surface area contributed by atoms with E-state index in [2.05, 4.69) is 25.2 Å². The first-order chi connectivity index (χ1) is 16.1. The third-order valence-corrected chi connectivity index (χ3v) is 6.32. The van der Waals surface area contributed by atoms with Crippen LogP contribution in [0.4, 0.5) is 5.95 Å². The molecule has 2 N–H and O–H groups in total. The van der Waals surface area contributed by atoms with Crippen molar-refractivity contribution >= 4 is 33.8 Å². The van der Waals surface area contributed by atoms with E-state index in [0.29, 0.717) is 29.8 Å². The number of H-pyrrole nitrogens is 1. The first kappa shape index (κ1) is 21.3. The van der Waals surface area contributed by atoms with Crippen LogP contribution in [0.25, 0.3) is 33.1 Å². The fourth-order valence-corrected chi connectivity index (χ4v) is 4.40. The third-order valence-electron chi connectivity index (χ3n) is 6.32. The van der Waals surface area contributed by atoms with E-state index in [4.69, 9.17) is 0 Å². The predicted octanol–water partition coefficient (Wildman–Crippen LogP) is 3.77. The molecule has 4 aromatic rings. The maximum Gasteiger partial charge on any atom is 0.261 e. The van der Waals surface area contributed by atoms with Crippen LogP contribution < -0.4 is 10.9 Å². The summed E-state index contributed by atoms with van der Waals surface area (Å²) in [5, 5.41) is 3.37. The van der Waals surface area contributed by atoms with Gasteiger partial charge in [-0.3, -0.25) is 19.5 Å². The van der Waals surface area contributed by atoms with Gasteiger partial charge in [-0.2, -0.15) is 0 Å². The molecule has 2 aromatic carbocycles. The van der Waals surface area contributed by atoms with E-state index in [1.807, 2.05) is 36.4 Å². The number of carbonyl (C=O) groups is 1. The van der Waals surface area contributed by atoms with E-state index in [0.717, 1.165) is 41.8 Å². The van der Waals surface area contributed by atoms with E-state index in [1.54, 1.807) is 17.8 Å². The minimum atomic E-state index is -0.0899. The number of nitrogens with zero attached hydrogens (tertiary/aromatic N) is 4. The number of rotatable bonds is 6. The first-order valence-electron chi connectivity index (χ1n) is 11.6. The third kappa shape index (κ3) is 4.52. The molecule has 8 nitrogen and oxygen atoms in total.